The second-order valence-corrected chi connectivity index (χ2v) is 4.23. The standard InChI is InChI=1S/C12H15FN2O3/c1-17-12(3-5-18-8-12)7-15-11(16)9-2-4-14-6-10(9)13/h2,4,6H,3,5,7-8H2,1H3,(H,15,16). The van der Waals surface area contributed by atoms with Crippen LogP contribution in [0.5, 0.6) is 0 Å². The Balaban J connectivity index is 1.98. The molecule has 1 amide bonds. The number of ether oxygens (including phenoxy) is 2. The van der Waals surface area contributed by atoms with Crippen LogP contribution in [-0.4, -0.2) is 43.4 Å². The van der Waals surface area contributed by atoms with E-state index in [1.54, 1.807) is 7.11 Å². The predicted molar refractivity (Wildman–Crippen MR) is 61.7 cm³/mol. The van der Waals surface area contributed by atoms with E-state index in [1.165, 1.54) is 12.3 Å². The first kappa shape index (κ1) is 12.9. The van der Waals surface area contributed by atoms with Gasteiger partial charge in [0, 0.05) is 32.9 Å². The number of nitrogens with zero attached hydrogens (tertiary/aromatic N) is 1. The van der Waals surface area contributed by atoms with Gasteiger partial charge in [0.15, 0.2) is 5.82 Å². The van der Waals surface area contributed by atoms with Crippen LogP contribution in [0.25, 0.3) is 0 Å². The van der Waals surface area contributed by atoms with Crippen LogP contribution in [0.4, 0.5) is 4.39 Å². The first-order valence-electron chi connectivity index (χ1n) is 5.67. The third-order valence-corrected chi connectivity index (χ3v) is 3.09. The van der Waals surface area contributed by atoms with Gasteiger partial charge in [0.1, 0.15) is 5.60 Å². The summed E-state index contributed by atoms with van der Waals surface area (Å²) in [4.78, 5) is 15.4. The number of nitrogens with one attached hydrogen (secondary N) is 1. The van der Waals surface area contributed by atoms with E-state index in [0.717, 1.165) is 6.20 Å². The molecule has 0 spiro atoms. The fourth-order valence-electron chi connectivity index (χ4n) is 1.86. The molecule has 2 rings (SSSR count). The molecule has 6 heteroatoms. The molecule has 1 atom stereocenters. The van der Waals surface area contributed by atoms with Crippen molar-refractivity contribution in [3.63, 3.8) is 0 Å². The van der Waals surface area contributed by atoms with Crippen molar-refractivity contribution in [2.75, 3.05) is 26.9 Å². The van der Waals surface area contributed by atoms with Crippen LogP contribution >= 0.6 is 0 Å². The normalized spacial score (nSPS) is 23.0. The Morgan fingerprint density at radius 2 is 2.56 bits per heavy atom. The van der Waals surface area contributed by atoms with Gasteiger partial charge in [-0.25, -0.2) is 4.39 Å². The Bertz CT molecular complexity index is 433. The maximum absolute atomic E-state index is 13.3. The van der Waals surface area contributed by atoms with Crippen molar-refractivity contribution in [3.05, 3.63) is 29.8 Å². The van der Waals surface area contributed by atoms with E-state index in [4.69, 9.17) is 9.47 Å². The van der Waals surface area contributed by atoms with Crippen LogP contribution in [-0.2, 0) is 9.47 Å². The van der Waals surface area contributed by atoms with Crippen LogP contribution in [0.1, 0.15) is 16.8 Å². The quantitative estimate of drug-likeness (QED) is 0.861. The molecule has 5 nitrogen and oxygen atoms in total. The molecule has 1 N–H and O–H groups in total. The van der Waals surface area contributed by atoms with Crippen molar-refractivity contribution in [2.45, 2.75) is 12.0 Å². The zero-order valence-corrected chi connectivity index (χ0v) is 10.1. The largest absolute Gasteiger partial charge is 0.378 e. The molecule has 2 heterocycles. The van der Waals surface area contributed by atoms with E-state index in [9.17, 15) is 9.18 Å². The van der Waals surface area contributed by atoms with Crippen LogP contribution in [0, 0.1) is 5.82 Å². The van der Waals surface area contributed by atoms with Gasteiger partial charge in [0.25, 0.3) is 5.91 Å². The van der Waals surface area contributed by atoms with Gasteiger partial charge in [-0.15, -0.1) is 0 Å². The van der Waals surface area contributed by atoms with Crippen molar-refractivity contribution < 1.29 is 18.7 Å². The summed E-state index contributed by atoms with van der Waals surface area (Å²) >= 11 is 0. The zero-order chi connectivity index (χ0) is 13.0. The van der Waals surface area contributed by atoms with Crippen molar-refractivity contribution in [2.24, 2.45) is 0 Å². The van der Waals surface area contributed by atoms with E-state index < -0.39 is 17.3 Å². The van der Waals surface area contributed by atoms with E-state index >= 15 is 0 Å². The summed E-state index contributed by atoms with van der Waals surface area (Å²) in [6, 6.07) is 1.34. The number of rotatable bonds is 4. The fourth-order valence-corrected chi connectivity index (χ4v) is 1.86. The van der Waals surface area contributed by atoms with Crippen LogP contribution in [0.3, 0.4) is 0 Å². The molecule has 1 unspecified atom stereocenters. The van der Waals surface area contributed by atoms with Crippen LogP contribution < -0.4 is 5.32 Å². The average Bonchev–Trinajstić information content (AvgIpc) is 2.86. The van der Waals surface area contributed by atoms with Gasteiger partial charge in [-0.05, 0) is 6.07 Å². The topological polar surface area (TPSA) is 60.5 Å². The summed E-state index contributed by atoms with van der Waals surface area (Å²) in [5.41, 5.74) is -0.519. The van der Waals surface area contributed by atoms with Gasteiger partial charge < -0.3 is 14.8 Å². The van der Waals surface area contributed by atoms with E-state index in [2.05, 4.69) is 10.3 Å². The fraction of sp³-hybridized carbons (Fsp3) is 0.500. The Morgan fingerprint density at radius 3 is 3.17 bits per heavy atom. The monoisotopic (exact) mass is 254 g/mol. The Morgan fingerprint density at radius 1 is 1.72 bits per heavy atom. The van der Waals surface area contributed by atoms with Crippen molar-refractivity contribution >= 4 is 5.91 Å². The third-order valence-electron chi connectivity index (χ3n) is 3.09. The minimum absolute atomic E-state index is 0.0184. The second-order valence-electron chi connectivity index (χ2n) is 4.23. The molecule has 1 aliphatic rings. The second kappa shape index (κ2) is 5.41. The number of carbonyl (C=O) groups is 1. The summed E-state index contributed by atoms with van der Waals surface area (Å²) in [6.45, 7) is 1.33. The van der Waals surface area contributed by atoms with Gasteiger partial charge in [-0.2, -0.15) is 0 Å². The van der Waals surface area contributed by atoms with Gasteiger partial charge in [-0.1, -0.05) is 0 Å². The highest BCUT2D eigenvalue weighted by Gasteiger charge is 2.35. The van der Waals surface area contributed by atoms with Gasteiger partial charge in [0.2, 0.25) is 0 Å². The van der Waals surface area contributed by atoms with E-state index in [0.29, 0.717) is 26.2 Å². The SMILES string of the molecule is COC1(CNC(=O)c2ccncc2F)CCOC1. The molecule has 98 valence electrons. The van der Waals surface area contributed by atoms with E-state index in [1.807, 2.05) is 0 Å². The maximum atomic E-state index is 13.3. The van der Waals surface area contributed by atoms with E-state index in [-0.39, 0.29) is 5.56 Å². The summed E-state index contributed by atoms with van der Waals surface area (Å²) < 4.78 is 24.0. The lowest BCUT2D eigenvalue weighted by molar-refractivity contribution is -0.0149. The smallest absolute Gasteiger partial charge is 0.254 e. The maximum Gasteiger partial charge on any atom is 0.254 e. The lowest BCUT2D eigenvalue weighted by atomic mass is 10.0. The van der Waals surface area contributed by atoms with Gasteiger partial charge in [0.05, 0.1) is 18.4 Å². The molecule has 0 bridgehead atoms. The lowest BCUT2D eigenvalue weighted by Gasteiger charge is -2.25. The molecular weight excluding hydrogens is 239 g/mol. The Hall–Kier alpha value is -1.53. The molecule has 0 aromatic carbocycles. The highest BCUT2D eigenvalue weighted by Crippen LogP contribution is 2.21. The molecule has 1 aromatic heterocycles. The Kier molecular flexibility index (Phi) is 3.88. The van der Waals surface area contributed by atoms with Crippen LogP contribution in [0.2, 0.25) is 0 Å². The number of hydrogen-bond acceptors (Lipinski definition) is 4. The first-order chi connectivity index (χ1) is 8.67. The number of aromatic nitrogens is 1. The molecule has 1 aliphatic heterocycles. The summed E-state index contributed by atoms with van der Waals surface area (Å²) in [6.07, 6.45) is 3.10. The van der Waals surface area contributed by atoms with Crippen molar-refractivity contribution in [3.8, 4) is 0 Å². The molecule has 1 aromatic rings. The summed E-state index contributed by atoms with van der Waals surface area (Å²) in [5, 5.41) is 2.66. The molecule has 1 fully saturated rings. The number of halogens is 1. The highest BCUT2D eigenvalue weighted by molar-refractivity contribution is 5.94. The summed E-state index contributed by atoms with van der Waals surface area (Å²) in [5.74, 6) is -1.11. The number of methoxy groups -OCH3 is 1. The van der Waals surface area contributed by atoms with Crippen LogP contribution in [0.15, 0.2) is 18.5 Å². The zero-order valence-electron chi connectivity index (χ0n) is 10.1. The summed E-state index contributed by atoms with van der Waals surface area (Å²) in [7, 11) is 1.58. The Labute approximate surface area is 104 Å². The first-order valence-corrected chi connectivity index (χ1v) is 5.67. The highest BCUT2D eigenvalue weighted by atomic mass is 19.1. The van der Waals surface area contributed by atoms with Gasteiger partial charge in [-0.3, -0.25) is 9.78 Å². The molecule has 0 radical (unpaired) electrons. The number of hydrogen-bond donors (Lipinski definition) is 1. The minimum atomic E-state index is -0.635. The molecule has 0 aliphatic carbocycles. The lowest BCUT2D eigenvalue weighted by Crippen LogP contribution is -2.45. The number of pyridine rings is 1. The number of carbonyl (C=O) groups excluding carboxylic acids is 1. The van der Waals surface area contributed by atoms with Gasteiger partial charge >= 0.3 is 0 Å². The average molecular weight is 254 g/mol. The molecular formula is C12H15FN2O3. The third kappa shape index (κ3) is 2.65. The predicted octanol–water partition coefficient (Wildman–Crippen LogP) is 0.756. The molecule has 18 heavy (non-hydrogen) atoms. The number of amides is 1. The van der Waals surface area contributed by atoms with Crippen molar-refractivity contribution in [1.82, 2.24) is 10.3 Å². The van der Waals surface area contributed by atoms with Crippen molar-refractivity contribution in [1.29, 1.82) is 0 Å². The minimum Gasteiger partial charge on any atom is -0.378 e. The molecule has 1 saturated heterocycles. The molecule has 0 saturated carbocycles.